The van der Waals surface area contributed by atoms with Crippen LogP contribution in [0.2, 0.25) is 0 Å². The Kier molecular flexibility index (Phi) is 6.95. The highest BCUT2D eigenvalue weighted by atomic mass is 16.3. The molecule has 1 heterocycles. The molecule has 0 aromatic heterocycles. The maximum absolute atomic E-state index is 14.1. The van der Waals surface area contributed by atoms with Crippen molar-refractivity contribution in [3.8, 4) is 11.5 Å². The second-order valence-electron chi connectivity index (χ2n) is 9.69. The summed E-state index contributed by atoms with van der Waals surface area (Å²) in [5, 5.41) is 24.2. The van der Waals surface area contributed by atoms with Gasteiger partial charge in [-0.2, -0.15) is 0 Å². The molecule has 0 spiro atoms. The first-order chi connectivity index (χ1) is 17.6. The number of hydrogen-bond donors (Lipinski definition) is 2. The van der Waals surface area contributed by atoms with Gasteiger partial charge in [0, 0.05) is 22.9 Å². The second-order valence-corrected chi connectivity index (χ2v) is 9.69. The largest absolute Gasteiger partial charge is 0.508 e. The summed E-state index contributed by atoms with van der Waals surface area (Å²) < 4.78 is 0. The lowest BCUT2D eigenvalue weighted by Gasteiger charge is -2.44. The Labute approximate surface area is 212 Å². The smallest absolute Gasteiger partial charge is 0.224 e. The SMILES string of the molecule is CCCCCCCC(=O)N1C(c2ccccc2)c2c(O)ccc3ccc(O)c(c23)C1c1ccccc1. The minimum Gasteiger partial charge on any atom is -0.508 e. The zero-order valence-corrected chi connectivity index (χ0v) is 20.7. The molecule has 0 saturated carbocycles. The van der Waals surface area contributed by atoms with E-state index in [0.717, 1.165) is 47.6 Å². The summed E-state index contributed by atoms with van der Waals surface area (Å²) in [6, 6.07) is 26.1. The molecule has 5 rings (SSSR count). The van der Waals surface area contributed by atoms with Gasteiger partial charge in [0.05, 0.1) is 12.1 Å². The van der Waals surface area contributed by atoms with E-state index in [1.54, 1.807) is 12.1 Å². The Morgan fingerprint density at radius 1 is 0.694 bits per heavy atom. The quantitative estimate of drug-likeness (QED) is 0.255. The van der Waals surface area contributed by atoms with E-state index in [9.17, 15) is 15.0 Å². The third-order valence-corrected chi connectivity index (χ3v) is 7.34. The van der Waals surface area contributed by atoms with E-state index in [2.05, 4.69) is 6.92 Å². The monoisotopic (exact) mass is 479 g/mol. The van der Waals surface area contributed by atoms with Crippen LogP contribution in [0.3, 0.4) is 0 Å². The first-order valence-corrected chi connectivity index (χ1v) is 13.0. The highest BCUT2D eigenvalue weighted by molar-refractivity contribution is 5.96. The van der Waals surface area contributed by atoms with Crippen LogP contribution in [-0.4, -0.2) is 21.0 Å². The summed E-state index contributed by atoms with van der Waals surface area (Å²) in [5.41, 5.74) is 3.23. The minimum absolute atomic E-state index is 0.0273. The molecule has 36 heavy (non-hydrogen) atoms. The van der Waals surface area contributed by atoms with Crippen LogP contribution in [0.1, 0.15) is 79.8 Å². The predicted molar refractivity (Wildman–Crippen MR) is 144 cm³/mol. The highest BCUT2D eigenvalue weighted by Gasteiger charge is 2.42. The molecule has 0 radical (unpaired) electrons. The third kappa shape index (κ3) is 4.32. The van der Waals surface area contributed by atoms with Crippen molar-refractivity contribution in [2.75, 3.05) is 0 Å². The average Bonchev–Trinajstić information content (AvgIpc) is 2.91. The summed E-state index contributed by atoms with van der Waals surface area (Å²) in [4.78, 5) is 16.0. The van der Waals surface area contributed by atoms with Crippen LogP contribution >= 0.6 is 0 Å². The predicted octanol–water partition coefficient (Wildman–Crippen LogP) is 7.63. The molecule has 0 aliphatic carbocycles. The molecule has 4 aromatic carbocycles. The average molecular weight is 480 g/mol. The molecule has 0 fully saturated rings. The summed E-state index contributed by atoms with van der Waals surface area (Å²) in [6.07, 6.45) is 5.72. The number of nitrogens with zero attached hydrogens (tertiary/aromatic N) is 1. The van der Waals surface area contributed by atoms with E-state index < -0.39 is 12.1 Å². The number of hydrogen-bond acceptors (Lipinski definition) is 3. The molecule has 0 bridgehead atoms. The molecule has 4 aromatic rings. The van der Waals surface area contributed by atoms with Crippen LogP contribution in [0.5, 0.6) is 11.5 Å². The van der Waals surface area contributed by atoms with Gasteiger partial charge in [-0.05, 0) is 35.1 Å². The van der Waals surface area contributed by atoms with Gasteiger partial charge in [-0.25, -0.2) is 0 Å². The standard InChI is InChI=1S/C32H33NO3/c1-2-3-4-5-12-17-27(36)33-31(23-13-8-6-9-14-23)29-25(34)20-18-22-19-21-26(35)30(28(22)29)32(33)24-15-10-7-11-16-24/h6-11,13-16,18-21,31-32,34-35H,2-5,12,17H2,1H3. The number of benzene rings is 4. The van der Waals surface area contributed by atoms with Crippen molar-refractivity contribution >= 4 is 16.7 Å². The Bertz CT molecular complexity index is 1260. The highest BCUT2D eigenvalue weighted by Crippen LogP contribution is 2.53. The summed E-state index contributed by atoms with van der Waals surface area (Å²) >= 11 is 0. The van der Waals surface area contributed by atoms with Gasteiger partial charge in [0.1, 0.15) is 11.5 Å². The number of amides is 1. The van der Waals surface area contributed by atoms with Crippen LogP contribution in [-0.2, 0) is 4.79 Å². The van der Waals surface area contributed by atoms with E-state index in [1.165, 1.54) is 6.42 Å². The van der Waals surface area contributed by atoms with Crippen LogP contribution < -0.4 is 0 Å². The number of rotatable bonds is 8. The van der Waals surface area contributed by atoms with Crippen molar-refractivity contribution in [2.24, 2.45) is 0 Å². The van der Waals surface area contributed by atoms with E-state index in [-0.39, 0.29) is 17.4 Å². The molecular formula is C32H33NO3. The zero-order chi connectivity index (χ0) is 25.1. The third-order valence-electron chi connectivity index (χ3n) is 7.34. The molecule has 2 unspecified atom stereocenters. The van der Waals surface area contributed by atoms with Crippen LogP contribution in [0.15, 0.2) is 84.9 Å². The fraction of sp³-hybridized carbons (Fsp3) is 0.281. The lowest BCUT2D eigenvalue weighted by molar-refractivity contribution is -0.135. The lowest BCUT2D eigenvalue weighted by Crippen LogP contribution is -2.41. The lowest BCUT2D eigenvalue weighted by atomic mass is 9.79. The molecule has 0 saturated heterocycles. The molecule has 1 amide bonds. The van der Waals surface area contributed by atoms with Crippen LogP contribution in [0, 0.1) is 0 Å². The van der Waals surface area contributed by atoms with Gasteiger partial charge in [0.2, 0.25) is 5.91 Å². The van der Waals surface area contributed by atoms with Crippen LogP contribution in [0.25, 0.3) is 10.8 Å². The van der Waals surface area contributed by atoms with Gasteiger partial charge >= 0.3 is 0 Å². The number of phenols is 2. The Hall–Kier alpha value is -3.79. The number of phenolic OH excluding ortho intramolecular Hbond substituents is 2. The summed E-state index contributed by atoms with van der Waals surface area (Å²) in [5.74, 6) is 0.297. The van der Waals surface area contributed by atoms with E-state index >= 15 is 0 Å². The van der Waals surface area contributed by atoms with E-state index in [4.69, 9.17) is 0 Å². The summed E-state index contributed by atoms with van der Waals surface area (Å²) in [7, 11) is 0. The zero-order valence-electron chi connectivity index (χ0n) is 20.7. The molecule has 2 atom stereocenters. The minimum atomic E-state index is -0.474. The van der Waals surface area contributed by atoms with Crippen molar-refractivity contribution in [1.29, 1.82) is 0 Å². The molecule has 1 aliphatic rings. The maximum atomic E-state index is 14.1. The van der Waals surface area contributed by atoms with Crippen LogP contribution in [0.4, 0.5) is 0 Å². The fourth-order valence-electron chi connectivity index (χ4n) is 5.65. The first kappa shape index (κ1) is 23.9. The van der Waals surface area contributed by atoms with E-state index in [0.29, 0.717) is 17.5 Å². The number of aromatic hydroxyl groups is 2. The maximum Gasteiger partial charge on any atom is 0.224 e. The van der Waals surface area contributed by atoms with Gasteiger partial charge in [0.25, 0.3) is 0 Å². The molecule has 4 heteroatoms. The number of carbonyl (C=O) groups excluding carboxylic acids is 1. The van der Waals surface area contributed by atoms with Gasteiger partial charge in [0.15, 0.2) is 0 Å². The molecule has 4 nitrogen and oxygen atoms in total. The Balaban J connectivity index is 1.73. The normalized spacial score (nSPS) is 16.9. The topological polar surface area (TPSA) is 60.8 Å². The fourth-order valence-corrected chi connectivity index (χ4v) is 5.65. The molecular weight excluding hydrogens is 446 g/mol. The van der Waals surface area contributed by atoms with Gasteiger partial charge in [-0.3, -0.25) is 4.79 Å². The van der Waals surface area contributed by atoms with Crippen molar-refractivity contribution in [3.63, 3.8) is 0 Å². The van der Waals surface area contributed by atoms with Crippen molar-refractivity contribution in [2.45, 2.75) is 57.5 Å². The first-order valence-electron chi connectivity index (χ1n) is 13.0. The molecule has 184 valence electrons. The van der Waals surface area contributed by atoms with Gasteiger partial charge in [-0.1, -0.05) is 105 Å². The molecule has 2 N–H and O–H groups in total. The number of carbonyl (C=O) groups is 1. The van der Waals surface area contributed by atoms with Crippen molar-refractivity contribution in [3.05, 3.63) is 107 Å². The second kappa shape index (κ2) is 10.4. The Morgan fingerprint density at radius 3 is 1.69 bits per heavy atom. The van der Waals surface area contributed by atoms with Gasteiger partial charge in [-0.15, -0.1) is 0 Å². The summed E-state index contributed by atoms with van der Waals surface area (Å²) in [6.45, 7) is 2.19. The Morgan fingerprint density at radius 2 is 1.19 bits per heavy atom. The number of unbranched alkanes of at least 4 members (excludes halogenated alkanes) is 4. The van der Waals surface area contributed by atoms with Gasteiger partial charge < -0.3 is 15.1 Å². The van der Waals surface area contributed by atoms with E-state index in [1.807, 2.05) is 77.7 Å². The van der Waals surface area contributed by atoms with Crippen molar-refractivity contribution in [1.82, 2.24) is 4.90 Å². The van der Waals surface area contributed by atoms with Crippen molar-refractivity contribution < 1.29 is 15.0 Å². The molecule has 1 aliphatic heterocycles.